The van der Waals surface area contributed by atoms with Crippen molar-refractivity contribution in [3.8, 4) is 0 Å². The van der Waals surface area contributed by atoms with E-state index in [9.17, 15) is 19.8 Å². The highest BCUT2D eigenvalue weighted by Gasteiger charge is 2.24. The van der Waals surface area contributed by atoms with Gasteiger partial charge in [0.1, 0.15) is 6.10 Å². The third-order valence-corrected chi connectivity index (χ3v) is 13.8. The third kappa shape index (κ3) is 50.3. The van der Waals surface area contributed by atoms with Gasteiger partial charge in [-0.1, -0.05) is 295 Å². The van der Waals surface area contributed by atoms with Gasteiger partial charge in [-0.25, -0.2) is 0 Å². The Balaban J connectivity index is 4.47. The first kappa shape index (κ1) is 65.1. The summed E-state index contributed by atoms with van der Waals surface area (Å²) < 4.78 is 5.96. The van der Waals surface area contributed by atoms with Crippen LogP contribution in [0.4, 0.5) is 0 Å². The van der Waals surface area contributed by atoms with E-state index in [1.165, 1.54) is 193 Å². The minimum absolute atomic E-state index is 0.0684. The number of hydrogen-bond acceptors (Lipinski definition) is 5. The van der Waals surface area contributed by atoms with Crippen LogP contribution >= 0.6 is 0 Å². The maximum absolute atomic E-state index is 13.3. The summed E-state index contributed by atoms with van der Waals surface area (Å²) in [7, 11) is 0. The lowest BCUT2D eigenvalue weighted by molar-refractivity contribution is -0.151. The van der Waals surface area contributed by atoms with Gasteiger partial charge >= 0.3 is 5.97 Å². The van der Waals surface area contributed by atoms with Crippen molar-refractivity contribution < 1.29 is 24.5 Å². The van der Waals surface area contributed by atoms with Gasteiger partial charge in [-0.2, -0.15) is 0 Å². The van der Waals surface area contributed by atoms with E-state index < -0.39 is 18.2 Å². The van der Waals surface area contributed by atoms with Crippen molar-refractivity contribution in [2.45, 2.75) is 334 Å². The van der Waals surface area contributed by atoms with E-state index in [2.05, 4.69) is 62.5 Å². The highest BCUT2D eigenvalue weighted by atomic mass is 16.5. The van der Waals surface area contributed by atoms with Crippen LogP contribution in [0.5, 0.6) is 0 Å². The van der Waals surface area contributed by atoms with Crippen molar-refractivity contribution >= 4 is 11.9 Å². The molecule has 0 fully saturated rings. The van der Waals surface area contributed by atoms with Crippen LogP contribution in [0, 0.1) is 0 Å². The Morgan fingerprint density at radius 2 is 0.806 bits per heavy atom. The highest BCUT2D eigenvalue weighted by molar-refractivity contribution is 5.77. The minimum Gasteiger partial charge on any atom is -0.462 e. The average molecular weight is 943 g/mol. The van der Waals surface area contributed by atoms with Crippen LogP contribution in [0.15, 0.2) is 36.5 Å². The van der Waals surface area contributed by atoms with Crippen molar-refractivity contribution in [1.29, 1.82) is 0 Å². The molecule has 1 amide bonds. The first-order valence-electron chi connectivity index (χ1n) is 29.7. The predicted octanol–water partition coefficient (Wildman–Crippen LogP) is 18.4. The maximum atomic E-state index is 13.3. The molecule has 0 saturated heterocycles. The van der Waals surface area contributed by atoms with Crippen LogP contribution in [-0.4, -0.2) is 46.9 Å². The third-order valence-electron chi connectivity index (χ3n) is 13.8. The van der Waals surface area contributed by atoms with Crippen LogP contribution in [-0.2, 0) is 14.3 Å². The molecule has 394 valence electrons. The number of hydrogen-bond donors (Lipinski definition) is 3. The smallest absolute Gasteiger partial charge is 0.306 e. The van der Waals surface area contributed by atoms with Gasteiger partial charge in [0.2, 0.25) is 5.91 Å². The first-order chi connectivity index (χ1) is 33.0. The molecular formula is C61H115NO5. The zero-order chi connectivity index (χ0) is 48.8. The molecule has 0 heterocycles. The zero-order valence-electron chi connectivity index (χ0n) is 45.0. The number of aliphatic hydroxyl groups is 2. The van der Waals surface area contributed by atoms with Gasteiger partial charge in [0.25, 0.3) is 0 Å². The first-order valence-corrected chi connectivity index (χ1v) is 29.7. The fourth-order valence-corrected chi connectivity index (χ4v) is 9.32. The van der Waals surface area contributed by atoms with Crippen molar-refractivity contribution in [2.75, 3.05) is 6.61 Å². The molecule has 0 aliphatic heterocycles. The number of allylic oxidation sites excluding steroid dienone is 6. The van der Waals surface area contributed by atoms with Crippen molar-refractivity contribution in [1.82, 2.24) is 5.32 Å². The molecule has 0 aliphatic rings. The molecule has 0 aromatic heterocycles. The Morgan fingerprint density at radius 3 is 1.21 bits per heavy atom. The summed E-state index contributed by atoms with van der Waals surface area (Å²) in [6.07, 6.45) is 66.5. The van der Waals surface area contributed by atoms with Crippen molar-refractivity contribution in [3.05, 3.63) is 36.5 Å². The molecule has 0 aromatic rings. The van der Waals surface area contributed by atoms with Gasteiger partial charge in [-0.3, -0.25) is 9.59 Å². The van der Waals surface area contributed by atoms with Gasteiger partial charge in [-0.15, -0.1) is 0 Å². The number of esters is 1. The second kappa shape index (κ2) is 55.0. The summed E-state index contributed by atoms with van der Waals surface area (Å²) >= 11 is 0. The molecule has 6 nitrogen and oxygen atoms in total. The number of rotatable bonds is 54. The molecule has 67 heavy (non-hydrogen) atoms. The minimum atomic E-state index is -0.792. The molecule has 6 heteroatoms. The maximum Gasteiger partial charge on any atom is 0.306 e. The van der Waals surface area contributed by atoms with Crippen molar-refractivity contribution in [3.63, 3.8) is 0 Å². The number of ether oxygens (including phenoxy) is 1. The van der Waals surface area contributed by atoms with Crippen LogP contribution in [0.2, 0.25) is 0 Å². The van der Waals surface area contributed by atoms with Gasteiger partial charge in [0.15, 0.2) is 0 Å². The monoisotopic (exact) mass is 942 g/mol. The van der Waals surface area contributed by atoms with E-state index in [4.69, 9.17) is 4.74 Å². The molecule has 0 aromatic carbocycles. The Labute approximate surface area is 417 Å². The zero-order valence-corrected chi connectivity index (χ0v) is 45.0. The molecule has 0 spiro atoms. The van der Waals surface area contributed by atoms with E-state index >= 15 is 0 Å². The quantitative estimate of drug-likeness (QED) is 0.0321. The van der Waals surface area contributed by atoms with Crippen LogP contribution < -0.4 is 5.32 Å². The normalized spacial score (nSPS) is 13.3. The molecule has 0 radical (unpaired) electrons. The SMILES string of the molecule is CC/C=C/C=C/C=C/CCCCCCCC(CC(=O)NC(CO)C(O)CCCCCCCCCCCCCCCCCC)OC(=O)CCCCCCCCCCCCCCCCCCCCC. The topological polar surface area (TPSA) is 95.9 Å². The van der Waals surface area contributed by atoms with E-state index in [1.807, 2.05) is 0 Å². The summed E-state index contributed by atoms with van der Waals surface area (Å²) in [5.74, 6) is -0.476. The largest absolute Gasteiger partial charge is 0.462 e. The summed E-state index contributed by atoms with van der Waals surface area (Å²) in [6, 6.07) is -0.706. The number of aliphatic hydroxyl groups excluding tert-OH is 2. The highest BCUT2D eigenvalue weighted by Crippen LogP contribution is 2.19. The van der Waals surface area contributed by atoms with Crippen LogP contribution in [0.25, 0.3) is 0 Å². The van der Waals surface area contributed by atoms with Crippen LogP contribution in [0.3, 0.4) is 0 Å². The molecule has 0 bridgehead atoms. The number of nitrogens with one attached hydrogen (secondary N) is 1. The van der Waals surface area contributed by atoms with E-state index in [1.54, 1.807) is 0 Å². The van der Waals surface area contributed by atoms with E-state index in [0.717, 1.165) is 77.0 Å². The predicted molar refractivity (Wildman–Crippen MR) is 292 cm³/mol. The Kier molecular flexibility index (Phi) is 53.4. The standard InChI is InChI=1S/C61H115NO5/c1-4-7-10-13-16-19-22-25-27-29-30-31-33-36-39-42-45-48-51-54-61(66)67-57(52-49-46-43-40-37-34-24-21-18-15-12-9-6-3)55-60(65)62-58(56-63)59(64)53-50-47-44-41-38-35-32-28-26-23-20-17-14-11-8-5-2/h9,12,15,18,21,24,57-59,63-64H,4-8,10-11,13-14,16-17,19-20,22-23,25-56H2,1-3H3,(H,62,65)/b12-9+,18-15+,24-21+. The molecule has 3 unspecified atom stereocenters. The molecule has 0 rings (SSSR count). The lowest BCUT2D eigenvalue weighted by Gasteiger charge is -2.24. The fourth-order valence-electron chi connectivity index (χ4n) is 9.32. The van der Waals surface area contributed by atoms with Crippen LogP contribution in [0.1, 0.15) is 316 Å². The van der Waals surface area contributed by atoms with Gasteiger partial charge < -0.3 is 20.3 Å². The summed E-state index contributed by atoms with van der Waals surface area (Å²) in [5.41, 5.74) is 0. The number of carbonyl (C=O) groups is 2. The molecule has 0 saturated carbocycles. The lowest BCUT2D eigenvalue weighted by Crippen LogP contribution is -2.46. The fraction of sp³-hybridized carbons (Fsp3) is 0.869. The molecule has 0 aliphatic carbocycles. The second-order valence-corrected chi connectivity index (χ2v) is 20.4. The average Bonchev–Trinajstić information content (AvgIpc) is 3.32. The Hall–Kier alpha value is -1.92. The lowest BCUT2D eigenvalue weighted by atomic mass is 10.0. The number of amides is 1. The van der Waals surface area contributed by atoms with E-state index in [-0.39, 0.29) is 24.9 Å². The molecular weight excluding hydrogens is 827 g/mol. The van der Waals surface area contributed by atoms with Crippen molar-refractivity contribution in [2.24, 2.45) is 0 Å². The Morgan fingerprint density at radius 1 is 0.448 bits per heavy atom. The van der Waals surface area contributed by atoms with Gasteiger partial charge in [0.05, 0.1) is 25.2 Å². The number of unbranched alkanes of at least 4 members (excludes halogenated alkanes) is 38. The van der Waals surface area contributed by atoms with Gasteiger partial charge in [-0.05, 0) is 44.9 Å². The summed E-state index contributed by atoms with van der Waals surface area (Å²) in [5, 5.41) is 23.9. The molecule has 3 atom stereocenters. The second-order valence-electron chi connectivity index (χ2n) is 20.4. The van der Waals surface area contributed by atoms with Gasteiger partial charge in [0, 0.05) is 6.42 Å². The molecule has 3 N–H and O–H groups in total. The summed E-state index contributed by atoms with van der Waals surface area (Å²) in [6.45, 7) is 6.39. The van der Waals surface area contributed by atoms with E-state index in [0.29, 0.717) is 19.3 Å². The number of carbonyl (C=O) groups excluding carboxylic acids is 2. The summed E-state index contributed by atoms with van der Waals surface area (Å²) in [4.78, 5) is 26.3. The Bertz CT molecular complexity index is 1100.